The second-order valence-electron chi connectivity index (χ2n) is 8.51. The molecule has 0 N–H and O–H groups in total. The van der Waals surface area contributed by atoms with Crippen molar-refractivity contribution in [2.45, 2.75) is 26.4 Å². The number of nitrogens with zero attached hydrogens (tertiary/aromatic N) is 5. The summed E-state index contributed by atoms with van der Waals surface area (Å²) in [5.41, 5.74) is 5.72. The summed E-state index contributed by atoms with van der Waals surface area (Å²) in [5.74, 6) is 0.690. The molecule has 6 heteroatoms. The molecule has 0 aliphatic heterocycles. The third kappa shape index (κ3) is 3.44. The molecule has 0 saturated carbocycles. The smallest absolute Gasteiger partial charge is 0.265 e. The Hall–Kier alpha value is -4.32. The van der Waals surface area contributed by atoms with E-state index >= 15 is 0 Å². The van der Waals surface area contributed by atoms with Crippen LogP contribution in [0.15, 0.2) is 89.7 Å². The van der Waals surface area contributed by atoms with Gasteiger partial charge < -0.3 is 4.57 Å². The Kier molecular flexibility index (Phi) is 4.91. The molecule has 3 heterocycles. The Balaban J connectivity index is 1.59. The molecule has 6 aromatic rings. The highest BCUT2D eigenvalue weighted by Gasteiger charge is 2.21. The summed E-state index contributed by atoms with van der Waals surface area (Å²) in [6.07, 6.45) is 0.756. The van der Waals surface area contributed by atoms with Gasteiger partial charge in [-0.3, -0.25) is 9.36 Å². The SMILES string of the molecule is Cc1nc2c(c(=O)n1CCc1ccccc1)c1nc3ccccc3nc1n2Cc1ccccc1. The van der Waals surface area contributed by atoms with E-state index in [9.17, 15) is 4.79 Å². The Morgan fingerprint density at radius 1 is 0.676 bits per heavy atom. The lowest BCUT2D eigenvalue weighted by Crippen LogP contribution is -2.25. The summed E-state index contributed by atoms with van der Waals surface area (Å²) < 4.78 is 3.79. The first-order valence-corrected chi connectivity index (χ1v) is 11.4. The van der Waals surface area contributed by atoms with Crippen LogP contribution in [0.1, 0.15) is 17.0 Å². The van der Waals surface area contributed by atoms with Crippen molar-refractivity contribution >= 4 is 33.2 Å². The minimum absolute atomic E-state index is 0.0696. The maximum absolute atomic E-state index is 13.8. The van der Waals surface area contributed by atoms with Crippen molar-refractivity contribution < 1.29 is 0 Å². The predicted octanol–water partition coefficient (Wildman–Crippen LogP) is 4.89. The number of rotatable bonds is 5. The molecule has 0 saturated heterocycles. The first-order valence-electron chi connectivity index (χ1n) is 11.4. The van der Waals surface area contributed by atoms with Gasteiger partial charge in [0.05, 0.1) is 17.6 Å². The van der Waals surface area contributed by atoms with Crippen LogP contribution in [0.3, 0.4) is 0 Å². The lowest BCUT2D eigenvalue weighted by molar-refractivity contribution is 0.636. The second kappa shape index (κ2) is 8.23. The number of aryl methyl sites for hydroxylation is 2. The third-order valence-corrected chi connectivity index (χ3v) is 6.29. The van der Waals surface area contributed by atoms with Crippen molar-refractivity contribution in [2.24, 2.45) is 0 Å². The molecule has 34 heavy (non-hydrogen) atoms. The van der Waals surface area contributed by atoms with Gasteiger partial charge >= 0.3 is 0 Å². The molecule has 166 valence electrons. The zero-order valence-corrected chi connectivity index (χ0v) is 18.8. The minimum atomic E-state index is -0.0696. The molecule has 0 amide bonds. The number of hydrogen-bond donors (Lipinski definition) is 0. The highest BCUT2D eigenvalue weighted by atomic mass is 16.1. The monoisotopic (exact) mass is 445 g/mol. The van der Waals surface area contributed by atoms with Crippen LogP contribution >= 0.6 is 0 Å². The molecule has 6 rings (SSSR count). The predicted molar refractivity (Wildman–Crippen MR) is 135 cm³/mol. The number of hydrogen-bond acceptors (Lipinski definition) is 4. The Morgan fingerprint density at radius 3 is 2.00 bits per heavy atom. The largest absolute Gasteiger partial charge is 0.304 e. The lowest BCUT2D eigenvalue weighted by Gasteiger charge is -2.11. The average Bonchev–Trinajstić information content (AvgIpc) is 3.16. The normalized spacial score (nSPS) is 11.6. The molecular weight excluding hydrogens is 422 g/mol. The highest BCUT2D eigenvalue weighted by Crippen LogP contribution is 2.26. The molecule has 0 aliphatic carbocycles. The summed E-state index contributed by atoms with van der Waals surface area (Å²) in [7, 11) is 0. The van der Waals surface area contributed by atoms with Crippen LogP contribution in [0, 0.1) is 6.92 Å². The van der Waals surface area contributed by atoms with E-state index in [2.05, 4.69) is 24.3 Å². The van der Waals surface area contributed by atoms with Crippen LogP contribution in [-0.2, 0) is 19.5 Å². The fourth-order valence-corrected chi connectivity index (χ4v) is 4.56. The van der Waals surface area contributed by atoms with Gasteiger partial charge in [0, 0.05) is 6.54 Å². The van der Waals surface area contributed by atoms with Gasteiger partial charge in [0.15, 0.2) is 11.3 Å². The van der Waals surface area contributed by atoms with Crippen molar-refractivity contribution in [2.75, 3.05) is 0 Å². The van der Waals surface area contributed by atoms with Gasteiger partial charge in [-0.15, -0.1) is 0 Å². The number of para-hydroxylation sites is 2. The second-order valence-corrected chi connectivity index (χ2v) is 8.51. The van der Waals surface area contributed by atoms with Crippen LogP contribution in [0.5, 0.6) is 0 Å². The van der Waals surface area contributed by atoms with Gasteiger partial charge in [-0.1, -0.05) is 72.8 Å². The molecule has 6 nitrogen and oxygen atoms in total. The van der Waals surface area contributed by atoms with Crippen LogP contribution in [0.25, 0.3) is 33.2 Å². The van der Waals surface area contributed by atoms with Crippen LogP contribution in [-0.4, -0.2) is 24.1 Å². The zero-order valence-electron chi connectivity index (χ0n) is 18.8. The molecule has 3 aromatic heterocycles. The minimum Gasteiger partial charge on any atom is -0.304 e. The van der Waals surface area contributed by atoms with Crippen molar-refractivity contribution in [1.82, 2.24) is 24.1 Å². The molecule has 0 atom stereocenters. The van der Waals surface area contributed by atoms with Crippen LogP contribution in [0.4, 0.5) is 0 Å². The summed E-state index contributed by atoms with van der Waals surface area (Å²) >= 11 is 0. The number of benzene rings is 3. The first-order chi connectivity index (χ1) is 16.7. The zero-order chi connectivity index (χ0) is 23.1. The summed E-state index contributed by atoms with van der Waals surface area (Å²) in [5, 5.41) is 0.530. The van der Waals surface area contributed by atoms with E-state index in [4.69, 9.17) is 15.0 Å². The topological polar surface area (TPSA) is 65.6 Å². The van der Waals surface area contributed by atoms with E-state index in [0.29, 0.717) is 41.1 Å². The van der Waals surface area contributed by atoms with E-state index in [-0.39, 0.29) is 5.56 Å². The Bertz CT molecular complexity index is 1700. The number of fused-ring (bicyclic) bond motifs is 4. The van der Waals surface area contributed by atoms with Crippen molar-refractivity contribution in [3.8, 4) is 0 Å². The molecule has 0 radical (unpaired) electrons. The Labute approximate surface area is 196 Å². The first kappa shape index (κ1) is 20.3. The van der Waals surface area contributed by atoms with E-state index in [0.717, 1.165) is 23.0 Å². The fourth-order valence-electron chi connectivity index (χ4n) is 4.56. The van der Waals surface area contributed by atoms with Gasteiger partial charge in [0.25, 0.3) is 5.56 Å². The summed E-state index contributed by atoms with van der Waals surface area (Å²) in [4.78, 5) is 28.5. The Morgan fingerprint density at radius 2 is 1.29 bits per heavy atom. The molecule has 0 fully saturated rings. The van der Waals surface area contributed by atoms with Gasteiger partial charge in [-0.05, 0) is 36.6 Å². The average molecular weight is 446 g/mol. The van der Waals surface area contributed by atoms with Crippen molar-refractivity contribution in [3.63, 3.8) is 0 Å². The van der Waals surface area contributed by atoms with Gasteiger partial charge in [-0.2, -0.15) is 0 Å². The molecular formula is C28H23N5O. The van der Waals surface area contributed by atoms with Gasteiger partial charge in [0.1, 0.15) is 16.7 Å². The fraction of sp³-hybridized carbons (Fsp3) is 0.143. The summed E-state index contributed by atoms with van der Waals surface area (Å²) in [6, 6.07) is 28.1. The van der Waals surface area contributed by atoms with Gasteiger partial charge in [0.2, 0.25) is 0 Å². The van der Waals surface area contributed by atoms with E-state index in [1.807, 2.05) is 72.2 Å². The number of aromatic nitrogens is 5. The highest BCUT2D eigenvalue weighted by molar-refractivity contribution is 6.04. The lowest BCUT2D eigenvalue weighted by atomic mass is 10.1. The molecule has 0 unspecified atom stereocenters. The van der Waals surface area contributed by atoms with Gasteiger partial charge in [-0.25, -0.2) is 15.0 Å². The molecule has 0 aliphatic rings. The van der Waals surface area contributed by atoms with Crippen molar-refractivity contribution in [1.29, 1.82) is 0 Å². The standard InChI is InChI=1S/C28H23N5O/c1-19-29-26-24(28(34)32(19)17-16-20-10-4-2-5-11-20)25-27(31-23-15-9-8-14-22(23)30-25)33(26)18-21-12-6-3-7-13-21/h2-15H,16-18H2,1H3. The van der Waals surface area contributed by atoms with E-state index < -0.39 is 0 Å². The maximum Gasteiger partial charge on any atom is 0.265 e. The molecule has 3 aromatic carbocycles. The molecule has 0 spiro atoms. The van der Waals surface area contributed by atoms with E-state index in [1.165, 1.54) is 5.56 Å². The maximum atomic E-state index is 13.8. The van der Waals surface area contributed by atoms with Crippen LogP contribution in [0.2, 0.25) is 0 Å². The molecule has 0 bridgehead atoms. The van der Waals surface area contributed by atoms with E-state index in [1.54, 1.807) is 4.57 Å². The summed E-state index contributed by atoms with van der Waals surface area (Å²) in [6.45, 7) is 3.02. The third-order valence-electron chi connectivity index (χ3n) is 6.29. The van der Waals surface area contributed by atoms with Crippen molar-refractivity contribution in [3.05, 3.63) is 112 Å². The quantitative estimate of drug-likeness (QED) is 0.379. The van der Waals surface area contributed by atoms with Crippen LogP contribution < -0.4 is 5.56 Å².